The van der Waals surface area contributed by atoms with E-state index in [-0.39, 0.29) is 6.61 Å². The van der Waals surface area contributed by atoms with Crippen LogP contribution in [0.4, 0.5) is 0 Å². The molecule has 10 nitrogen and oxygen atoms in total. The Kier molecular flexibility index (Phi) is 26.3. The topological polar surface area (TPSA) is 97.3 Å². The maximum atomic E-state index is 8.53. The van der Waals surface area contributed by atoms with Crippen LogP contribution in [0, 0.1) is 0 Å². The van der Waals surface area contributed by atoms with Crippen LogP contribution in [-0.2, 0) is 37.9 Å². The monoisotopic (exact) mass is 441 g/mol. The molecule has 182 valence electrons. The number of hydrogen-bond acceptors (Lipinski definition) is 10. The van der Waals surface area contributed by atoms with Crippen LogP contribution in [0.5, 0.6) is 0 Å². The van der Waals surface area contributed by atoms with Crippen LogP contribution in [0.15, 0.2) is 0 Å². The normalized spacial score (nSPS) is 11.6. The van der Waals surface area contributed by atoms with Gasteiger partial charge in [-0.3, -0.25) is 0 Å². The predicted molar refractivity (Wildman–Crippen MR) is 112 cm³/mol. The summed E-state index contributed by atoms with van der Waals surface area (Å²) in [6, 6.07) is 0. The highest BCUT2D eigenvalue weighted by atomic mass is 16.6. The van der Waals surface area contributed by atoms with E-state index in [9.17, 15) is 0 Å². The maximum absolute atomic E-state index is 8.53. The molecule has 0 aliphatic heterocycles. The van der Waals surface area contributed by atoms with Gasteiger partial charge in [0.25, 0.3) is 0 Å². The van der Waals surface area contributed by atoms with Gasteiger partial charge >= 0.3 is 0 Å². The number of aliphatic hydroxyl groups is 1. The van der Waals surface area contributed by atoms with Crippen LogP contribution in [0.3, 0.4) is 0 Å². The highest BCUT2D eigenvalue weighted by Crippen LogP contribution is 1.86. The Morgan fingerprint density at radius 2 is 0.633 bits per heavy atom. The lowest BCUT2D eigenvalue weighted by Gasteiger charge is -2.10. The Labute approximate surface area is 181 Å². The second-order valence-electron chi connectivity index (χ2n) is 6.43. The Hall–Kier alpha value is -0.400. The zero-order chi connectivity index (χ0) is 22.0. The summed E-state index contributed by atoms with van der Waals surface area (Å²) in [4.78, 5) is 2.08. The third-order valence-corrected chi connectivity index (χ3v) is 3.52. The molecule has 0 spiro atoms. The lowest BCUT2D eigenvalue weighted by atomic mass is 10.6. The van der Waals surface area contributed by atoms with Gasteiger partial charge in [0, 0.05) is 6.54 Å². The molecule has 0 aromatic rings. The molecule has 0 aromatic carbocycles. The maximum Gasteiger partial charge on any atom is 0.0701 e. The molecule has 30 heavy (non-hydrogen) atoms. The quantitative estimate of drug-likeness (QED) is 0.180. The Morgan fingerprint density at radius 3 is 0.867 bits per heavy atom. The second-order valence-corrected chi connectivity index (χ2v) is 6.43. The zero-order valence-corrected chi connectivity index (χ0v) is 18.9. The summed E-state index contributed by atoms with van der Waals surface area (Å²) >= 11 is 0. The minimum Gasteiger partial charge on any atom is -0.394 e. The number of hydrogen-bond donors (Lipinski definition) is 1. The Balaban J connectivity index is 2.99. The first kappa shape index (κ1) is 29.6. The number of aliphatic hydroxyl groups excluding tert-OH is 1. The fourth-order valence-electron chi connectivity index (χ4n) is 1.95. The molecular weight excluding hydrogens is 398 g/mol. The van der Waals surface area contributed by atoms with E-state index in [0.717, 1.165) is 13.2 Å². The van der Waals surface area contributed by atoms with Crippen molar-refractivity contribution in [1.29, 1.82) is 0 Å². The largest absolute Gasteiger partial charge is 0.394 e. The molecule has 0 fully saturated rings. The fraction of sp³-hybridized carbons (Fsp3) is 1.00. The van der Waals surface area contributed by atoms with E-state index >= 15 is 0 Å². The fourth-order valence-corrected chi connectivity index (χ4v) is 1.95. The summed E-state index contributed by atoms with van der Waals surface area (Å²) < 4.78 is 42.8. The van der Waals surface area contributed by atoms with Crippen molar-refractivity contribution in [2.45, 2.75) is 0 Å². The van der Waals surface area contributed by atoms with E-state index in [4.69, 9.17) is 43.0 Å². The number of nitrogens with zero attached hydrogens (tertiary/aromatic N) is 1. The van der Waals surface area contributed by atoms with Crippen molar-refractivity contribution in [1.82, 2.24) is 4.90 Å². The van der Waals surface area contributed by atoms with E-state index in [1.54, 1.807) is 0 Å². The SMILES string of the molecule is CN(C)CCOCCOCCOCCOCCOCCOCCOCCOCCO. The van der Waals surface area contributed by atoms with Gasteiger partial charge in [-0.05, 0) is 14.1 Å². The van der Waals surface area contributed by atoms with Crippen molar-refractivity contribution in [3.05, 3.63) is 0 Å². The summed E-state index contributed by atoms with van der Waals surface area (Å²) in [7, 11) is 4.04. The molecule has 0 aromatic heterocycles. The van der Waals surface area contributed by atoms with Crippen molar-refractivity contribution >= 4 is 0 Å². The molecule has 1 N–H and O–H groups in total. The highest BCUT2D eigenvalue weighted by Gasteiger charge is 1.95. The van der Waals surface area contributed by atoms with E-state index in [2.05, 4.69) is 4.90 Å². The summed E-state index contributed by atoms with van der Waals surface area (Å²) in [5, 5.41) is 8.53. The van der Waals surface area contributed by atoms with Gasteiger partial charge in [-0.25, -0.2) is 0 Å². The van der Waals surface area contributed by atoms with Crippen molar-refractivity contribution in [2.24, 2.45) is 0 Å². The summed E-state index contributed by atoms with van der Waals surface area (Å²) in [6.07, 6.45) is 0. The van der Waals surface area contributed by atoms with Crippen LogP contribution in [0.25, 0.3) is 0 Å². The van der Waals surface area contributed by atoms with Gasteiger partial charge in [0.1, 0.15) is 0 Å². The molecule has 0 bridgehead atoms. The summed E-state index contributed by atoms with van der Waals surface area (Å²) in [5.74, 6) is 0. The standard InChI is InChI=1S/C20H43NO9/c1-21(2)3-5-23-7-9-25-11-13-27-15-17-29-19-20-30-18-16-28-14-12-26-10-8-24-6-4-22/h22H,3-20H2,1-2H3. The number of likely N-dealkylation sites (N-methyl/N-ethyl adjacent to an activating group) is 1. The molecule has 0 atom stereocenters. The van der Waals surface area contributed by atoms with Crippen molar-refractivity contribution in [3.63, 3.8) is 0 Å². The first-order valence-electron chi connectivity index (χ1n) is 10.6. The molecule has 0 amide bonds. The third-order valence-electron chi connectivity index (χ3n) is 3.52. The van der Waals surface area contributed by atoms with E-state index in [1.165, 1.54) is 0 Å². The van der Waals surface area contributed by atoms with Crippen LogP contribution in [0.1, 0.15) is 0 Å². The molecule has 0 saturated heterocycles. The van der Waals surface area contributed by atoms with Crippen molar-refractivity contribution in [2.75, 3.05) is 133 Å². The van der Waals surface area contributed by atoms with E-state index in [0.29, 0.717) is 99.1 Å². The average molecular weight is 442 g/mol. The Morgan fingerprint density at radius 1 is 0.400 bits per heavy atom. The van der Waals surface area contributed by atoms with Gasteiger partial charge in [-0.15, -0.1) is 0 Å². The van der Waals surface area contributed by atoms with Crippen molar-refractivity contribution in [3.8, 4) is 0 Å². The molecule has 0 heterocycles. The lowest BCUT2D eigenvalue weighted by Crippen LogP contribution is -2.19. The third kappa shape index (κ3) is 27.6. The minimum absolute atomic E-state index is 0.0336. The number of rotatable bonds is 26. The first-order valence-corrected chi connectivity index (χ1v) is 10.6. The van der Waals surface area contributed by atoms with Crippen LogP contribution < -0.4 is 0 Å². The highest BCUT2D eigenvalue weighted by molar-refractivity contribution is 4.40. The Bertz CT molecular complexity index is 312. The van der Waals surface area contributed by atoms with Crippen molar-refractivity contribution < 1.29 is 43.0 Å². The summed E-state index contributed by atoms with van der Waals surface area (Å²) in [6.45, 7) is 9.51. The van der Waals surface area contributed by atoms with E-state index < -0.39 is 0 Å². The zero-order valence-electron chi connectivity index (χ0n) is 18.9. The second kappa shape index (κ2) is 26.6. The molecular formula is C20H43NO9. The van der Waals surface area contributed by atoms with E-state index in [1.807, 2.05) is 14.1 Å². The molecule has 0 aliphatic carbocycles. The molecule has 0 saturated carbocycles. The van der Waals surface area contributed by atoms with Crippen LogP contribution >= 0.6 is 0 Å². The molecule has 0 rings (SSSR count). The van der Waals surface area contributed by atoms with Gasteiger partial charge in [0.2, 0.25) is 0 Å². The van der Waals surface area contributed by atoms with Crippen LogP contribution in [0.2, 0.25) is 0 Å². The first-order chi connectivity index (χ1) is 14.8. The smallest absolute Gasteiger partial charge is 0.0701 e. The number of ether oxygens (including phenoxy) is 8. The van der Waals surface area contributed by atoms with Gasteiger partial charge in [-0.1, -0.05) is 0 Å². The van der Waals surface area contributed by atoms with Gasteiger partial charge in [0.15, 0.2) is 0 Å². The average Bonchev–Trinajstić information content (AvgIpc) is 2.73. The van der Waals surface area contributed by atoms with Gasteiger partial charge in [0.05, 0.1) is 112 Å². The molecule has 10 heteroatoms. The molecule has 0 unspecified atom stereocenters. The predicted octanol–water partition coefficient (Wildman–Crippen LogP) is -0.327. The lowest BCUT2D eigenvalue weighted by molar-refractivity contribution is -0.0239. The van der Waals surface area contributed by atoms with Gasteiger partial charge in [-0.2, -0.15) is 0 Å². The minimum atomic E-state index is 0.0336. The molecule has 0 radical (unpaired) electrons. The summed E-state index contributed by atoms with van der Waals surface area (Å²) in [5.41, 5.74) is 0. The van der Waals surface area contributed by atoms with Crippen LogP contribution in [-0.4, -0.2) is 143 Å². The molecule has 0 aliphatic rings. The van der Waals surface area contributed by atoms with Gasteiger partial charge < -0.3 is 47.9 Å².